The zero-order valence-electron chi connectivity index (χ0n) is 6.49. The van der Waals surface area contributed by atoms with E-state index < -0.39 is 18.1 Å². The molecule has 0 aromatic carbocycles. The van der Waals surface area contributed by atoms with Crippen LogP contribution in [0.5, 0.6) is 0 Å². The second kappa shape index (κ2) is 5.06. The molecule has 0 aliphatic carbocycles. The molecule has 5 N–H and O–H groups in total. The van der Waals surface area contributed by atoms with E-state index in [4.69, 9.17) is 21.3 Å². The Morgan fingerprint density at radius 2 is 2.09 bits per heavy atom. The summed E-state index contributed by atoms with van der Waals surface area (Å²) < 4.78 is 4.71. The van der Waals surface area contributed by atoms with Crippen LogP contribution in [0.4, 0.5) is 0 Å². The summed E-state index contributed by atoms with van der Waals surface area (Å²) in [7, 11) is 1.49. The minimum Gasteiger partial charge on any atom is -0.481 e. The Labute approximate surface area is 65.3 Å². The van der Waals surface area contributed by atoms with Crippen LogP contribution in [0.15, 0.2) is 0 Å². The molecule has 0 saturated heterocycles. The number of hydrogen-bond donors (Lipinski definition) is 3. The topological polar surface area (TPSA) is 98.6 Å². The van der Waals surface area contributed by atoms with Crippen LogP contribution in [0.3, 0.4) is 0 Å². The summed E-state index contributed by atoms with van der Waals surface area (Å²) in [5, 5.41) is 8.32. The molecule has 0 aliphatic heterocycles. The predicted molar refractivity (Wildman–Crippen MR) is 40.1 cm³/mol. The van der Waals surface area contributed by atoms with Gasteiger partial charge >= 0.3 is 5.97 Å². The highest BCUT2D eigenvalue weighted by Gasteiger charge is 2.15. The Hall–Kier alpha value is -0.650. The Balaban J connectivity index is 3.63. The summed E-state index contributed by atoms with van der Waals surface area (Å²) >= 11 is 0. The minimum atomic E-state index is -0.941. The first-order chi connectivity index (χ1) is 5.07. The van der Waals surface area contributed by atoms with Crippen molar-refractivity contribution in [3.63, 3.8) is 0 Å². The molecule has 0 bridgehead atoms. The van der Waals surface area contributed by atoms with E-state index >= 15 is 0 Å². The van der Waals surface area contributed by atoms with Gasteiger partial charge in [0, 0.05) is 19.2 Å². The lowest BCUT2D eigenvalue weighted by Gasteiger charge is -2.16. The minimum absolute atomic E-state index is 0.121. The lowest BCUT2D eigenvalue weighted by atomic mass is 10.1. The van der Waals surface area contributed by atoms with Crippen molar-refractivity contribution in [2.24, 2.45) is 11.5 Å². The molecule has 66 valence electrons. The van der Waals surface area contributed by atoms with Crippen LogP contribution in [0.25, 0.3) is 0 Å². The van der Waals surface area contributed by atoms with E-state index in [2.05, 4.69) is 0 Å². The Morgan fingerprint density at radius 1 is 1.55 bits per heavy atom. The van der Waals surface area contributed by atoms with Gasteiger partial charge in [-0.1, -0.05) is 0 Å². The van der Waals surface area contributed by atoms with Gasteiger partial charge in [-0.2, -0.15) is 0 Å². The zero-order chi connectivity index (χ0) is 8.85. The van der Waals surface area contributed by atoms with Crippen molar-refractivity contribution in [2.45, 2.75) is 18.5 Å². The second-order valence-electron chi connectivity index (χ2n) is 2.38. The van der Waals surface area contributed by atoms with E-state index in [1.54, 1.807) is 0 Å². The van der Waals surface area contributed by atoms with Crippen LogP contribution < -0.4 is 11.5 Å². The van der Waals surface area contributed by atoms with Crippen molar-refractivity contribution in [3.8, 4) is 0 Å². The van der Waals surface area contributed by atoms with Crippen molar-refractivity contribution >= 4 is 5.97 Å². The molecule has 0 spiro atoms. The highest BCUT2D eigenvalue weighted by atomic mass is 16.5. The summed E-state index contributed by atoms with van der Waals surface area (Å²) in [5.74, 6) is -0.941. The molecule has 5 nitrogen and oxygen atoms in total. The van der Waals surface area contributed by atoms with Crippen molar-refractivity contribution in [1.82, 2.24) is 0 Å². The second-order valence-corrected chi connectivity index (χ2v) is 2.38. The highest BCUT2D eigenvalue weighted by molar-refractivity contribution is 5.67. The average molecular weight is 162 g/mol. The van der Waals surface area contributed by atoms with Gasteiger partial charge in [0.2, 0.25) is 0 Å². The number of ether oxygens (including phenoxy) is 1. The van der Waals surface area contributed by atoms with Gasteiger partial charge in [-0.3, -0.25) is 4.79 Å². The number of nitrogens with two attached hydrogens (primary N) is 2. The quantitative estimate of drug-likeness (QED) is 0.469. The molecule has 0 aromatic rings. The van der Waals surface area contributed by atoms with Gasteiger partial charge in [-0.15, -0.1) is 0 Å². The monoisotopic (exact) mass is 162 g/mol. The molecule has 0 amide bonds. The number of rotatable bonds is 5. The zero-order valence-corrected chi connectivity index (χ0v) is 6.49. The summed E-state index contributed by atoms with van der Waals surface area (Å²) in [6, 6.07) is -0.941. The molecule has 0 unspecified atom stereocenters. The van der Waals surface area contributed by atoms with E-state index in [1.807, 2.05) is 0 Å². The third kappa shape index (κ3) is 4.72. The van der Waals surface area contributed by atoms with E-state index in [0.717, 1.165) is 0 Å². The van der Waals surface area contributed by atoms with E-state index in [-0.39, 0.29) is 13.0 Å². The molecule has 0 saturated carbocycles. The van der Waals surface area contributed by atoms with Gasteiger partial charge in [-0.25, -0.2) is 0 Å². The fourth-order valence-electron chi connectivity index (χ4n) is 0.669. The van der Waals surface area contributed by atoms with E-state index in [0.29, 0.717) is 0 Å². The largest absolute Gasteiger partial charge is 0.481 e. The summed E-state index contributed by atoms with van der Waals surface area (Å²) in [4.78, 5) is 10.1. The van der Waals surface area contributed by atoms with Crippen molar-refractivity contribution in [2.75, 3.05) is 13.7 Å². The van der Waals surface area contributed by atoms with E-state index in [1.165, 1.54) is 7.11 Å². The van der Waals surface area contributed by atoms with E-state index in [9.17, 15) is 4.79 Å². The molecule has 0 rings (SSSR count). The number of carboxylic acids is 1. The van der Waals surface area contributed by atoms with Crippen molar-refractivity contribution in [3.05, 3.63) is 0 Å². The SMILES string of the molecule is COC[C@@H](N)[C@H](N)CC(=O)O. The summed E-state index contributed by atoms with van der Waals surface area (Å²) in [6.45, 7) is 0.286. The van der Waals surface area contributed by atoms with Crippen LogP contribution in [-0.2, 0) is 9.53 Å². The number of carbonyl (C=O) groups is 1. The van der Waals surface area contributed by atoms with Gasteiger partial charge in [0.25, 0.3) is 0 Å². The molecule has 5 heteroatoms. The van der Waals surface area contributed by atoms with Gasteiger partial charge in [-0.05, 0) is 0 Å². The predicted octanol–water partition coefficient (Wildman–Crippen LogP) is -1.24. The molecule has 11 heavy (non-hydrogen) atoms. The maximum absolute atomic E-state index is 10.1. The molecule has 0 radical (unpaired) electrons. The van der Waals surface area contributed by atoms with Crippen molar-refractivity contribution in [1.29, 1.82) is 0 Å². The summed E-state index contributed by atoms with van der Waals surface area (Å²) in [6.07, 6.45) is -0.121. The first kappa shape index (κ1) is 10.3. The molecule has 0 fully saturated rings. The molecular formula is C6H14N2O3. The Morgan fingerprint density at radius 3 is 2.45 bits per heavy atom. The smallest absolute Gasteiger partial charge is 0.304 e. The lowest BCUT2D eigenvalue weighted by Crippen LogP contribution is -2.45. The maximum Gasteiger partial charge on any atom is 0.304 e. The molecular weight excluding hydrogens is 148 g/mol. The first-order valence-electron chi connectivity index (χ1n) is 3.29. The Bertz CT molecular complexity index is 129. The lowest BCUT2D eigenvalue weighted by molar-refractivity contribution is -0.137. The van der Waals surface area contributed by atoms with Gasteiger partial charge < -0.3 is 21.3 Å². The van der Waals surface area contributed by atoms with Crippen LogP contribution in [0.2, 0.25) is 0 Å². The number of carboxylic acid groups (broad SMARTS) is 1. The molecule has 0 aromatic heterocycles. The third-order valence-electron chi connectivity index (χ3n) is 1.32. The summed E-state index contributed by atoms with van der Waals surface area (Å²) in [5.41, 5.74) is 10.9. The standard InChI is InChI=1S/C6H14N2O3/c1-11-3-5(8)4(7)2-6(9)10/h4-5H,2-3,7-8H2,1H3,(H,9,10)/t4-,5-/m1/s1. The molecule has 2 atom stereocenters. The van der Waals surface area contributed by atoms with Crippen molar-refractivity contribution < 1.29 is 14.6 Å². The Kier molecular flexibility index (Phi) is 4.76. The third-order valence-corrected chi connectivity index (χ3v) is 1.32. The van der Waals surface area contributed by atoms with Crippen LogP contribution >= 0.6 is 0 Å². The average Bonchev–Trinajstić information content (AvgIpc) is 1.86. The first-order valence-corrected chi connectivity index (χ1v) is 3.29. The van der Waals surface area contributed by atoms with Gasteiger partial charge in [0.1, 0.15) is 0 Å². The maximum atomic E-state index is 10.1. The van der Waals surface area contributed by atoms with Gasteiger partial charge in [0.05, 0.1) is 13.0 Å². The fourth-order valence-corrected chi connectivity index (χ4v) is 0.669. The van der Waals surface area contributed by atoms with Gasteiger partial charge in [0.15, 0.2) is 0 Å². The van der Waals surface area contributed by atoms with Crippen LogP contribution in [0.1, 0.15) is 6.42 Å². The molecule has 0 heterocycles. The number of aliphatic carboxylic acids is 1. The number of methoxy groups -OCH3 is 1. The highest BCUT2D eigenvalue weighted by Crippen LogP contribution is 1.93. The number of hydrogen-bond acceptors (Lipinski definition) is 4. The normalized spacial score (nSPS) is 15.9. The van der Waals surface area contributed by atoms with Crippen LogP contribution in [-0.4, -0.2) is 36.9 Å². The molecule has 0 aliphatic rings. The fraction of sp³-hybridized carbons (Fsp3) is 0.833. The van der Waals surface area contributed by atoms with Crippen LogP contribution in [0, 0.1) is 0 Å².